The second-order valence-electron chi connectivity index (χ2n) is 5.70. The van der Waals surface area contributed by atoms with Crippen LogP contribution in [0.3, 0.4) is 0 Å². The van der Waals surface area contributed by atoms with E-state index in [-0.39, 0.29) is 18.8 Å². The fourth-order valence-electron chi connectivity index (χ4n) is 2.61. The molecular weight excluding hydrogens is 376 g/mol. The summed E-state index contributed by atoms with van der Waals surface area (Å²) in [6.07, 6.45) is -0.566. The molecule has 2 rings (SSSR count). The van der Waals surface area contributed by atoms with Crippen LogP contribution in [-0.2, 0) is 9.47 Å². The molecular formula is C15H20N6O7. The van der Waals surface area contributed by atoms with E-state index in [0.717, 1.165) is 12.1 Å². The van der Waals surface area contributed by atoms with E-state index in [1.807, 2.05) is 0 Å². The first kappa shape index (κ1) is 21.0. The number of carbonyl (C=O) groups is 1. The number of nitro benzene ring substituents is 2. The molecule has 1 fully saturated rings. The van der Waals surface area contributed by atoms with E-state index in [9.17, 15) is 25.0 Å². The summed E-state index contributed by atoms with van der Waals surface area (Å²) in [5, 5.41) is 31.3. The first-order valence-electron chi connectivity index (χ1n) is 8.43. The second-order valence-corrected chi connectivity index (χ2v) is 5.70. The van der Waals surface area contributed by atoms with Crippen molar-refractivity contribution in [3.05, 3.63) is 38.4 Å². The predicted molar refractivity (Wildman–Crippen MR) is 95.0 cm³/mol. The van der Waals surface area contributed by atoms with Crippen molar-refractivity contribution in [2.75, 3.05) is 33.4 Å². The van der Waals surface area contributed by atoms with Crippen molar-refractivity contribution in [2.24, 2.45) is 10.3 Å². The van der Waals surface area contributed by atoms with Gasteiger partial charge in [-0.05, 0) is 13.0 Å². The summed E-state index contributed by atoms with van der Waals surface area (Å²) < 4.78 is 10.3. The number of ether oxygens (including phenoxy) is 2. The van der Waals surface area contributed by atoms with Crippen molar-refractivity contribution in [2.45, 2.75) is 19.6 Å². The standard InChI is InChI=1S/C15H20N6O7/c1-3-28-15(22)19-9-8-18(7-6-14(19)27-2)17-16-12-5-4-11(20(23)24)10-13(12)21(25)26/h4-5,10,14H,3,6-9H2,1-2H3. The fraction of sp³-hybridized carbons (Fsp3) is 0.533. The Balaban J connectivity index is 2.15. The van der Waals surface area contributed by atoms with Crippen LogP contribution in [0, 0.1) is 20.2 Å². The zero-order valence-electron chi connectivity index (χ0n) is 15.4. The van der Waals surface area contributed by atoms with Gasteiger partial charge < -0.3 is 9.47 Å². The van der Waals surface area contributed by atoms with Gasteiger partial charge in [-0.25, -0.2) is 4.79 Å². The normalized spacial score (nSPS) is 17.4. The van der Waals surface area contributed by atoms with E-state index in [1.165, 1.54) is 23.1 Å². The molecule has 1 unspecified atom stereocenters. The van der Waals surface area contributed by atoms with Gasteiger partial charge in [0.15, 0.2) is 5.69 Å². The SMILES string of the molecule is CCOC(=O)N1CCN(N=Nc2ccc([N+](=O)[O-])cc2[N+](=O)[O-])CCC1OC. The maximum atomic E-state index is 12.0. The number of hydrogen-bond donors (Lipinski definition) is 0. The van der Waals surface area contributed by atoms with Crippen molar-refractivity contribution in [3.8, 4) is 0 Å². The first-order chi connectivity index (χ1) is 13.4. The largest absolute Gasteiger partial charge is 0.450 e. The smallest absolute Gasteiger partial charge is 0.411 e. The van der Waals surface area contributed by atoms with Gasteiger partial charge in [-0.3, -0.25) is 30.1 Å². The second kappa shape index (κ2) is 9.55. The predicted octanol–water partition coefficient (Wildman–Crippen LogP) is 2.64. The quantitative estimate of drug-likeness (QED) is 0.404. The minimum atomic E-state index is -0.757. The molecule has 1 saturated heterocycles. The lowest BCUT2D eigenvalue weighted by atomic mass is 10.2. The van der Waals surface area contributed by atoms with Gasteiger partial charge in [-0.15, -0.1) is 5.11 Å². The monoisotopic (exact) mass is 396 g/mol. The average Bonchev–Trinajstić information content (AvgIpc) is 2.88. The Bertz CT molecular complexity index is 771. The van der Waals surface area contributed by atoms with Gasteiger partial charge >= 0.3 is 11.8 Å². The zero-order valence-corrected chi connectivity index (χ0v) is 15.4. The number of carbonyl (C=O) groups excluding carboxylic acids is 1. The van der Waals surface area contributed by atoms with E-state index in [2.05, 4.69) is 10.3 Å². The molecule has 13 heteroatoms. The van der Waals surface area contributed by atoms with E-state index in [1.54, 1.807) is 6.92 Å². The summed E-state index contributed by atoms with van der Waals surface area (Å²) in [5.74, 6) is 0. The molecule has 13 nitrogen and oxygen atoms in total. The highest BCUT2D eigenvalue weighted by atomic mass is 16.6. The third-order valence-corrected chi connectivity index (χ3v) is 4.00. The Morgan fingerprint density at radius 3 is 2.61 bits per heavy atom. The third-order valence-electron chi connectivity index (χ3n) is 4.00. The Kier molecular flexibility index (Phi) is 7.14. The van der Waals surface area contributed by atoms with E-state index in [4.69, 9.17) is 9.47 Å². The minimum absolute atomic E-state index is 0.106. The molecule has 1 amide bonds. The van der Waals surface area contributed by atoms with E-state index < -0.39 is 33.5 Å². The van der Waals surface area contributed by atoms with Crippen LogP contribution in [0.25, 0.3) is 0 Å². The molecule has 1 aliphatic rings. The lowest BCUT2D eigenvalue weighted by molar-refractivity contribution is -0.393. The molecule has 1 aromatic carbocycles. The van der Waals surface area contributed by atoms with Gasteiger partial charge in [-0.2, -0.15) is 0 Å². The summed E-state index contributed by atoms with van der Waals surface area (Å²) in [4.78, 5) is 33.9. The van der Waals surface area contributed by atoms with Gasteiger partial charge in [0.2, 0.25) is 0 Å². The molecule has 152 valence electrons. The van der Waals surface area contributed by atoms with E-state index in [0.29, 0.717) is 19.5 Å². The highest BCUT2D eigenvalue weighted by molar-refractivity contribution is 5.67. The lowest BCUT2D eigenvalue weighted by Gasteiger charge is -2.26. The van der Waals surface area contributed by atoms with Crippen LogP contribution in [0.5, 0.6) is 0 Å². The molecule has 0 spiro atoms. The van der Waals surface area contributed by atoms with Crippen LogP contribution in [-0.4, -0.2) is 65.4 Å². The Labute approximate surface area is 159 Å². The number of benzene rings is 1. The first-order valence-corrected chi connectivity index (χ1v) is 8.43. The zero-order chi connectivity index (χ0) is 20.7. The van der Waals surface area contributed by atoms with Crippen LogP contribution < -0.4 is 0 Å². The Morgan fingerprint density at radius 1 is 1.25 bits per heavy atom. The van der Waals surface area contributed by atoms with Crippen molar-refractivity contribution in [1.82, 2.24) is 9.91 Å². The summed E-state index contributed by atoms with van der Waals surface area (Å²) in [6, 6.07) is 3.12. The van der Waals surface area contributed by atoms with Crippen molar-refractivity contribution < 1.29 is 24.1 Å². The van der Waals surface area contributed by atoms with E-state index >= 15 is 0 Å². The van der Waals surface area contributed by atoms with Gasteiger partial charge in [0, 0.05) is 32.7 Å². The summed E-state index contributed by atoms with van der Waals surface area (Å²) in [5.41, 5.74) is -1.03. The van der Waals surface area contributed by atoms with Crippen molar-refractivity contribution in [1.29, 1.82) is 0 Å². The van der Waals surface area contributed by atoms with Crippen LogP contribution in [0.1, 0.15) is 13.3 Å². The molecule has 0 radical (unpaired) electrons. The Morgan fingerprint density at radius 2 is 2.00 bits per heavy atom. The molecule has 0 aliphatic carbocycles. The molecule has 1 aromatic rings. The van der Waals surface area contributed by atoms with Gasteiger partial charge in [0.25, 0.3) is 5.69 Å². The summed E-state index contributed by atoms with van der Waals surface area (Å²) in [7, 11) is 1.48. The van der Waals surface area contributed by atoms with Gasteiger partial charge in [-0.1, -0.05) is 5.22 Å². The molecule has 0 aromatic heterocycles. The number of rotatable bonds is 6. The molecule has 0 bridgehead atoms. The maximum absolute atomic E-state index is 12.0. The minimum Gasteiger partial charge on any atom is -0.450 e. The summed E-state index contributed by atoms with van der Waals surface area (Å²) >= 11 is 0. The molecule has 1 aliphatic heterocycles. The summed E-state index contributed by atoms with van der Waals surface area (Å²) in [6.45, 7) is 2.90. The third kappa shape index (κ3) is 5.09. The number of methoxy groups -OCH3 is 1. The van der Waals surface area contributed by atoms with Gasteiger partial charge in [0.05, 0.1) is 29.1 Å². The number of amides is 1. The molecule has 1 heterocycles. The van der Waals surface area contributed by atoms with Crippen molar-refractivity contribution in [3.63, 3.8) is 0 Å². The number of nitrogens with zero attached hydrogens (tertiary/aromatic N) is 6. The van der Waals surface area contributed by atoms with Gasteiger partial charge in [0.1, 0.15) is 6.23 Å². The average molecular weight is 396 g/mol. The van der Waals surface area contributed by atoms with Crippen LogP contribution >= 0.6 is 0 Å². The lowest BCUT2D eigenvalue weighted by Crippen LogP contribution is -2.42. The highest BCUT2D eigenvalue weighted by Crippen LogP contribution is 2.31. The molecule has 1 atom stereocenters. The van der Waals surface area contributed by atoms with Crippen LogP contribution in [0.15, 0.2) is 28.5 Å². The van der Waals surface area contributed by atoms with Crippen LogP contribution in [0.2, 0.25) is 0 Å². The number of nitro groups is 2. The topological polar surface area (TPSA) is 153 Å². The Hall–Kier alpha value is -3.35. The maximum Gasteiger partial charge on any atom is 0.411 e. The number of non-ortho nitro benzene ring substituents is 1. The van der Waals surface area contributed by atoms with Crippen molar-refractivity contribution >= 4 is 23.2 Å². The molecule has 0 saturated carbocycles. The number of hydrogen-bond acceptors (Lipinski definition) is 9. The molecule has 0 N–H and O–H groups in total. The van der Waals surface area contributed by atoms with Crippen LogP contribution in [0.4, 0.5) is 21.9 Å². The highest BCUT2D eigenvalue weighted by Gasteiger charge is 2.28. The molecule has 28 heavy (non-hydrogen) atoms. The fourth-order valence-corrected chi connectivity index (χ4v) is 2.61.